The Morgan fingerprint density at radius 1 is 0.640 bits per heavy atom. The summed E-state index contributed by atoms with van der Waals surface area (Å²) in [6.45, 7) is 7.03. The molecule has 4 atom stereocenters. The fourth-order valence-electron chi connectivity index (χ4n) is 8.72. The summed E-state index contributed by atoms with van der Waals surface area (Å²) in [7, 11) is 2.19. The van der Waals surface area contributed by atoms with E-state index in [0.717, 1.165) is 68.1 Å². The number of nitrogens with zero attached hydrogens (tertiary/aromatic N) is 7. The van der Waals surface area contributed by atoms with Crippen LogP contribution in [0.4, 0.5) is 28.6 Å². The third kappa shape index (κ3) is 4.00. The number of aryl methyl sites for hydroxylation is 1. The SMILES string of the molecule is C=C1c2ccccc2N2c3cnc(-c4ccccc4C)nc3N(C)C2C2C1c1ccccc1N1N=C(c3ccccc3)N(c3ccccc3)C21. The molecule has 7 heteroatoms. The van der Waals surface area contributed by atoms with Gasteiger partial charge in [-0.1, -0.05) is 116 Å². The Bertz CT molecular complexity index is 2340. The summed E-state index contributed by atoms with van der Waals surface area (Å²) in [5, 5.41) is 7.78. The molecule has 0 saturated carbocycles. The van der Waals surface area contributed by atoms with Crippen LogP contribution in [-0.2, 0) is 0 Å². The van der Waals surface area contributed by atoms with Crippen molar-refractivity contribution in [1.29, 1.82) is 0 Å². The van der Waals surface area contributed by atoms with Gasteiger partial charge in [0.1, 0.15) is 18.0 Å². The van der Waals surface area contributed by atoms with E-state index in [1.54, 1.807) is 0 Å². The second-order valence-corrected chi connectivity index (χ2v) is 13.5. The Morgan fingerprint density at radius 3 is 2.08 bits per heavy atom. The second kappa shape index (κ2) is 10.9. The summed E-state index contributed by atoms with van der Waals surface area (Å²) in [6.07, 6.45) is 1.71. The first-order chi connectivity index (χ1) is 24.6. The zero-order chi connectivity index (χ0) is 33.5. The van der Waals surface area contributed by atoms with E-state index in [0.29, 0.717) is 0 Å². The van der Waals surface area contributed by atoms with Crippen molar-refractivity contribution in [2.45, 2.75) is 25.2 Å². The predicted molar refractivity (Wildman–Crippen MR) is 203 cm³/mol. The molecule has 0 radical (unpaired) electrons. The van der Waals surface area contributed by atoms with Crippen LogP contribution in [0, 0.1) is 12.8 Å². The highest BCUT2D eigenvalue weighted by molar-refractivity contribution is 6.13. The van der Waals surface area contributed by atoms with Gasteiger partial charge in [0.05, 0.1) is 23.5 Å². The number of rotatable bonds is 3. The van der Waals surface area contributed by atoms with Gasteiger partial charge in [0, 0.05) is 35.3 Å². The number of hydrazone groups is 1. The third-order valence-corrected chi connectivity index (χ3v) is 10.9. The molecule has 5 heterocycles. The molecular weight excluding hydrogens is 615 g/mol. The van der Waals surface area contributed by atoms with Crippen molar-refractivity contribution in [3.8, 4) is 11.4 Å². The van der Waals surface area contributed by atoms with Crippen LogP contribution < -0.4 is 19.7 Å². The maximum absolute atomic E-state index is 5.51. The first-order valence-corrected chi connectivity index (χ1v) is 17.2. The molecule has 1 aromatic heterocycles. The van der Waals surface area contributed by atoms with E-state index in [1.807, 2.05) is 6.20 Å². The fourth-order valence-corrected chi connectivity index (χ4v) is 8.72. The number of allylic oxidation sites excluding steroid dienone is 1. The van der Waals surface area contributed by atoms with E-state index in [-0.39, 0.29) is 24.2 Å². The van der Waals surface area contributed by atoms with Crippen molar-refractivity contribution in [2.75, 3.05) is 26.8 Å². The minimum absolute atomic E-state index is 0.0132. The van der Waals surface area contributed by atoms with E-state index in [2.05, 4.69) is 167 Å². The number of para-hydroxylation sites is 3. The quantitative estimate of drug-likeness (QED) is 0.191. The molecule has 242 valence electrons. The Labute approximate surface area is 292 Å². The largest absolute Gasteiger partial charge is 0.337 e. The lowest BCUT2D eigenvalue weighted by atomic mass is 9.72. The molecule has 0 N–H and O–H groups in total. The summed E-state index contributed by atoms with van der Waals surface area (Å²) in [5.74, 6) is 2.54. The lowest BCUT2D eigenvalue weighted by Gasteiger charge is -2.49. The van der Waals surface area contributed by atoms with Crippen LogP contribution in [0.2, 0.25) is 0 Å². The van der Waals surface area contributed by atoms with E-state index < -0.39 is 0 Å². The average Bonchev–Trinajstić information content (AvgIpc) is 3.67. The normalized spacial score (nSPS) is 21.4. The number of hydrogen-bond donors (Lipinski definition) is 0. The highest BCUT2D eigenvalue weighted by Gasteiger charge is 2.58. The molecule has 6 aromatic rings. The van der Waals surface area contributed by atoms with Crippen molar-refractivity contribution in [3.05, 3.63) is 168 Å². The molecule has 0 fully saturated rings. The number of anilines is 5. The van der Waals surface area contributed by atoms with Gasteiger partial charge >= 0.3 is 0 Å². The van der Waals surface area contributed by atoms with E-state index >= 15 is 0 Å². The van der Waals surface area contributed by atoms with Crippen LogP contribution in [0.25, 0.3) is 17.0 Å². The second-order valence-electron chi connectivity index (χ2n) is 13.5. The van der Waals surface area contributed by atoms with Crippen LogP contribution in [0.3, 0.4) is 0 Å². The molecule has 0 saturated heterocycles. The van der Waals surface area contributed by atoms with E-state index in [1.165, 1.54) is 5.56 Å². The molecular formula is C43H35N7. The number of amidine groups is 1. The molecule has 4 unspecified atom stereocenters. The molecule has 0 bridgehead atoms. The topological polar surface area (TPSA) is 51.1 Å². The van der Waals surface area contributed by atoms with Gasteiger partial charge < -0.3 is 14.7 Å². The number of fused-ring (bicyclic) bond motifs is 12. The average molecular weight is 650 g/mol. The van der Waals surface area contributed by atoms with Gasteiger partial charge in [0.25, 0.3) is 0 Å². The van der Waals surface area contributed by atoms with Crippen molar-refractivity contribution >= 4 is 40.0 Å². The lowest BCUT2D eigenvalue weighted by Crippen LogP contribution is -2.60. The van der Waals surface area contributed by atoms with Gasteiger partial charge in [0.15, 0.2) is 17.5 Å². The van der Waals surface area contributed by atoms with Crippen molar-refractivity contribution < 1.29 is 0 Å². The molecule has 0 amide bonds. The minimum atomic E-state index is -0.174. The summed E-state index contributed by atoms with van der Waals surface area (Å²) >= 11 is 0. The van der Waals surface area contributed by atoms with E-state index in [4.69, 9.17) is 21.6 Å². The Kier molecular flexibility index (Phi) is 6.27. The molecule has 4 aliphatic heterocycles. The van der Waals surface area contributed by atoms with Crippen LogP contribution in [-0.4, -0.2) is 35.2 Å². The molecule has 4 aliphatic rings. The lowest BCUT2D eigenvalue weighted by molar-refractivity contribution is 0.316. The number of hydrogen-bond acceptors (Lipinski definition) is 7. The molecule has 7 nitrogen and oxygen atoms in total. The summed E-state index contributed by atoms with van der Waals surface area (Å²) in [4.78, 5) is 17.6. The van der Waals surface area contributed by atoms with Crippen LogP contribution in [0.1, 0.15) is 28.2 Å². The van der Waals surface area contributed by atoms with E-state index in [9.17, 15) is 0 Å². The highest BCUT2D eigenvalue weighted by atomic mass is 15.6. The minimum Gasteiger partial charge on any atom is -0.337 e. The summed E-state index contributed by atoms with van der Waals surface area (Å²) < 4.78 is 0. The number of benzene rings is 5. The van der Waals surface area contributed by atoms with Gasteiger partial charge in [-0.15, -0.1) is 0 Å². The van der Waals surface area contributed by atoms with Crippen molar-refractivity contribution in [3.63, 3.8) is 0 Å². The monoisotopic (exact) mass is 649 g/mol. The molecule has 0 aliphatic carbocycles. The zero-order valence-electron chi connectivity index (χ0n) is 27.9. The molecule has 50 heavy (non-hydrogen) atoms. The van der Waals surface area contributed by atoms with Gasteiger partial charge in [-0.3, -0.25) is 0 Å². The third-order valence-electron chi connectivity index (χ3n) is 10.9. The molecule has 10 rings (SSSR count). The first kappa shape index (κ1) is 28.8. The van der Waals surface area contributed by atoms with Crippen molar-refractivity contribution in [1.82, 2.24) is 9.97 Å². The van der Waals surface area contributed by atoms with Crippen LogP contribution >= 0.6 is 0 Å². The summed E-state index contributed by atoms with van der Waals surface area (Å²) in [5.41, 5.74) is 11.1. The maximum atomic E-state index is 5.51. The Balaban J connectivity index is 1.24. The fraction of sp³-hybridized carbons (Fsp3) is 0.140. The van der Waals surface area contributed by atoms with Crippen LogP contribution in [0.5, 0.6) is 0 Å². The van der Waals surface area contributed by atoms with Crippen LogP contribution in [0.15, 0.2) is 151 Å². The maximum Gasteiger partial charge on any atom is 0.162 e. The zero-order valence-corrected chi connectivity index (χ0v) is 27.9. The number of aromatic nitrogens is 2. The van der Waals surface area contributed by atoms with Gasteiger partial charge in [-0.05, 0) is 47.9 Å². The highest BCUT2D eigenvalue weighted by Crippen LogP contribution is 2.60. The Morgan fingerprint density at radius 2 is 1.30 bits per heavy atom. The molecule has 5 aromatic carbocycles. The first-order valence-electron chi connectivity index (χ1n) is 17.2. The van der Waals surface area contributed by atoms with Gasteiger partial charge in [0.2, 0.25) is 0 Å². The Hall–Kier alpha value is -6.21. The molecule has 0 spiro atoms. The standard InChI is InChI=1S/C43H35N7/c1-27-16-10-11-21-31(27)39-44-26-36-41(45-39)47(3)42-38-37(28(2)32-22-12-14-24-34(32)49(36)42)33-23-13-15-25-35(33)50-43(38)48(30-19-8-5-9-20-30)40(46-50)29-17-6-4-7-18-29/h4-26,37-38,42-43H,2H2,1,3H3. The van der Waals surface area contributed by atoms with Crippen molar-refractivity contribution in [2.24, 2.45) is 11.0 Å². The predicted octanol–water partition coefficient (Wildman–Crippen LogP) is 8.82. The van der Waals surface area contributed by atoms with Gasteiger partial charge in [-0.2, -0.15) is 5.10 Å². The summed E-state index contributed by atoms with van der Waals surface area (Å²) in [6, 6.07) is 47.1. The smallest absolute Gasteiger partial charge is 0.162 e. The van der Waals surface area contributed by atoms with Gasteiger partial charge in [-0.25, -0.2) is 15.0 Å².